The summed E-state index contributed by atoms with van der Waals surface area (Å²) in [6, 6.07) is 7.57. The maximum atomic E-state index is 12.4. The number of carbonyl (C=O) groups excluding carboxylic acids is 1. The lowest BCUT2D eigenvalue weighted by atomic mass is 9.95. The lowest BCUT2D eigenvalue weighted by Gasteiger charge is -2.38. The highest BCUT2D eigenvalue weighted by atomic mass is 16.2. The van der Waals surface area contributed by atoms with Crippen LogP contribution in [0.3, 0.4) is 0 Å². The minimum absolute atomic E-state index is 0.0218. The zero-order chi connectivity index (χ0) is 14.8. The van der Waals surface area contributed by atoms with E-state index in [0.29, 0.717) is 30.5 Å². The van der Waals surface area contributed by atoms with Crippen LogP contribution in [0.4, 0.5) is 0 Å². The van der Waals surface area contributed by atoms with Gasteiger partial charge >= 0.3 is 0 Å². The van der Waals surface area contributed by atoms with Crippen molar-refractivity contribution >= 4 is 5.91 Å². The second-order valence-electron chi connectivity index (χ2n) is 5.62. The van der Waals surface area contributed by atoms with E-state index in [1.165, 1.54) is 0 Å². The van der Waals surface area contributed by atoms with Crippen molar-refractivity contribution in [1.29, 1.82) is 0 Å². The van der Waals surface area contributed by atoms with E-state index >= 15 is 0 Å². The molecule has 0 spiro atoms. The van der Waals surface area contributed by atoms with Gasteiger partial charge in [-0.1, -0.05) is 19.9 Å². The molecule has 0 saturated carbocycles. The maximum Gasteiger partial charge on any atom is 0.272 e. The highest BCUT2D eigenvalue weighted by Gasteiger charge is 2.33. The molecule has 1 saturated heterocycles. The molecule has 2 aromatic rings. The Kier molecular flexibility index (Phi) is 3.64. The molecule has 108 valence electrons. The van der Waals surface area contributed by atoms with E-state index in [9.17, 15) is 4.79 Å². The van der Waals surface area contributed by atoms with Gasteiger partial charge in [-0.2, -0.15) is 0 Å². The number of hydrogen-bond acceptors (Lipinski definition) is 4. The molecule has 1 aliphatic rings. The number of carbonyl (C=O) groups is 1. The first-order valence-corrected chi connectivity index (χ1v) is 7.18. The van der Waals surface area contributed by atoms with Gasteiger partial charge in [-0.3, -0.25) is 9.78 Å². The van der Waals surface area contributed by atoms with E-state index in [4.69, 9.17) is 0 Å². The van der Waals surface area contributed by atoms with Crippen molar-refractivity contribution in [2.45, 2.75) is 25.7 Å². The van der Waals surface area contributed by atoms with Crippen LogP contribution in [0.15, 0.2) is 36.7 Å². The van der Waals surface area contributed by atoms with Crippen LogP contribution in [0.5, 0.6) is 0 Å². The highest BCUT2D eigenvalue weighted by Crippen LogP contribution is 2.26. The molecule has 1 amide bonds. The number of hydrogen-bond donors (Lipinski definition) is 0. The Morgan fingerprint density at radius 2 is 2.00 bits per heavy atom. The van der Waals surface area contributed by atoms with Crippen LogP contribution in [0.2, 0.25) is 0 Å². The maximum absolute atomic E-state index is 12.4. The molecule has 0 bridgehead atoms. The number of nitrogens with zero attached hydrogens (tertiary/aromatic N) is 4. The third-order valence-corrected chi connectivity index (χ3v) is 3.68. The lowest BCUT2D eigenvalue weighted by Crippen LogP contribution is -2.49. The molecule has 1 fully saturated rings. The monoisotopic (exact) mass is 282 g/mol. The first kappa shape index (κ1) is 13.7. The summed E-state index contributed by atoms with van der Waals surface area (Å²) in [7, 11) is 0. The average Bonchev–Trinajstić information content (AvgIpc) is 2.47. The zero-order valence-corrected chi connectivity index (χ0v) is 12.2. The van der Waals surface area contributed by atoms with Crippen molar-refractivity contribution in [2.75, 3.05) is 13.1 Å². The summed E-state index contributed by atoms with van der Waals surface area (Å²) in [5.74, 6) is 1.24. The van der Waals surface area contributed by atoms with E-state index in [1.807, 2.05) is 36.9 Å². The van der Waals surface area contributed by atoms with E-state index in [-0.39, 0.29) is 11.8 Å². The fourth-order valence-electron chi connectivity index (χ4n) is 2.38. The molecule has 0 aliphatic carbocycles. The summed E-state index contributed by atoms with van der Waals surface area (Å²) in [5.41, 5.74) is 1.53. The molecular weight excluding hydrogens is 264 g/mol. The van der Waals surface area contributed by atoms with E-state index < -0.39 is 0 Å². The third-order valence-electron chi connectivity index (χ3n) is 3.68. The van der Waals surface area contributed by atoms with Crippen LogP contribution >= 0.6 is 0 Å². The molecule has 1 aliphatic heterocycles. The molecule has 0 unspecified atom stereocenters. The fraction of sp³-hybridized carbons (Fsp3) is 0.375. The van der Waals surface area contributed by atoms with E-state index in [1.54, 1.807) is 18.5 Å². The molecule has 0 atom stereocenters. The first-order valence-electron chi connectivity index (χ1n) is 7.18. The normalized spacial score (nSPS) is 15.1. The SMILES string of the molecule is CC(C)c1nccc(C(=O)N2CC(c3ccccn3)C2)n1. The smallest absolute Gasteiger partial charge is 0.272 e. The Labute approximate surface area is 124 Å². The number of aromatic nitrogens is 3. The third kappa shape index (κ3) is 2.77. The van der Waals surface area contributed by atoms with Gasteiger partial charge in [0.05, 0.1) is 0 Å². The summed E-state index contributed by atoms with van der Waals surface area (Å²) in [5, 5.41) is 0. The summed E-state index contributed by atoms with van der Waals surface area (Å²) >= 11 is 0. The van der Waals surface area contributed by atoms with Crippen LogP contribution in [-0.4, -0.2) is 38.8 Å². The number of amides is 1. The van der Waals surface area contributed by atoms with Gasteiger partial charge in [0.1, 0.15) is 11.5 Å². The minimum atomic E-state index is -0.0218. The second kappa shape index (κ2) is 5.60. The fourth-order valence-corrected chi connectivity index (χ4v) is 2.38. The molecule has 5 heteroatoms. The Bertz CT molecular complexity index is 636. The van der Waals surface area contributed by atoms with Gasteiger partial charge in [0, 0.05) is 43.0 Å². The van der Waals surface area contributed by atoms with Gasteiger partial charge in [-0.25, -0.2) is 9.97 Å². The standard InChI is InChI=1S/C16H18N4O/c1-11(2)15-18-8-6-14(19-15)16(21)20-9-12(10-20)13-5-3-4-7-17-13/h3-8,11-12H,9-10H2,1-2H3. The Hall–Kier alpha value is -2.30. The van der Waals surface area contributed by atoms with Crippen molar-refractivity contribution in [3.05, 3.63) is 53.9 Å². The number of likely N-dealkylation sites (tertiary alicyclic amines) is 1. The summed E-state index contributed by atoms with van der Waals surface area (Å²) in [6.07, 6.45) is 3.45. The van der Waals surface area contributed by atoms with Crippen LogP contribution < -0.4 is 0 Å². The predicted octanol–water partition coefficient (Wildman–Crippen LogP) is 2.23. The average molecular weight is 282 g/mol. The Morgan fingerprint density at radius 1 is 1.19 bits per heavy atom. The number of pyridine rings is 1. The Balaban J connectivity index is 1.67. The van der Waals surface area contributed by atoms with Crippen molar-refractivity contribution in [3.63, 3.8) is 0 Å². The quantitative estimate of drug-likeness (QED) is 0.866. The molecule has 3 rings (SSSR count). The number of rotatable bonds is 3. The van der Waals surface area contributed by atoms with Crippen LogP contribution in [0.25, 0.3) is 0 Å². The molecule has 0 aromatic carbocycles. The second-order valence-corrected chi connectivity index (χ2v) is 5.62. The topological polar surface area (TPSA) is 59.0 Å². The first-order chi connectivity index (χ1) is 10.1. The van der Waals surface area contributed by atoms with Crippen molar-refractivity contribution in [2.24, 2.45) is 0 Å². The predicted molar refractivity (Wildman–Crippen MR) is 79.0 cm³/mol. The molecule has 0 radical (unpaired) electrons. The highest BCUT2D eigenvalue weighted by molar-refractivity contribution is 5.92. The summed E-state index contributed by atoms with van der Waals surface area (Å²) < 4.78 is 0. The van der Waals surface area contributed by atoms with Crippen LogP contribution in [0.1, 0.15) is 47.7 Å². The van der Waals surface area contributed by atoms with Crippen LogP contribution in [0, 0.1) is 0 Å². The van der Waals surface area contributed by atoms with E-state index in [2.05, 4.69) is 15.0 Å². The lowest BCUT2D eigenvalue weighted by molar-refractivity contribution is 0.0592. The molecule has 2 aromatic heterocycles. The van der Waals surface area contributed by atoms with Gasteiger partial charge in [0.15, 0.2) is 0 Å². The Morgan fingerprint density at radius 3 is 2.67 bits per heavy atom. The van der Waals surface area contributed by atoms with Gasteiger partial charge < -0.3 is 4.90 Å². The van der Waals surface area contributed by atoms with Gasteiger partial charge in [0.25, 0.3) is 5.91 Å². The largest absolute Gasteiger partial charge is 0.336 e. The molecule has 3 heterocycles. The molecule has 0 N–H and O–H groups in total. The van der Waals surface area contributed by atoms with Gasteiger partial charge in [0.2, 0.25) is 0 Å². The minimum Gasteiger partial charge on any atom is -0.336 e. The molecule has 21 heavy (non-hydrogen) atoms. The summed E-state index contributed by atoms with van der Waals surface area (Å²) in [4.78, 5) is 27.1. The van der Waals surface area contributed by atoms with Crippen molar-refractivity contribution < 1.29 is 4.79 Å². The van der Waals surface area contributed by atoms with Crippen molar-refractivity contribution in [3.8, 4) is 0 Å². The van der Waals surface area contributed by atoms with Crippen molar-refractivity contribution in [1.82, 2.24) is 19.9 Å². The van der Waals surface area contributed by atoms with Crippen LogP contribution in [-0.2, 0) is 0 Å². The van der Waals surface area contributed by atoms with E-state index in [0.717, 1.165) is 5.69 Å². The zero-order valence-electron chi connectivity index (χ0n) is 12.2. The van der Waals surface area contributed by atoms with Gasteiger partial charge in [-0.05, 0) is 18.2 Å². The molecular formula is C16H18N4O. The summed E-state index contributed by atoms with van der Waals surface area (Å²) in [6.45, 7) is 5.45. The van der Waals surface area contributed by atoms with Gasteiger partial charge in [-0.15, -0.1) is 0 Å². The molecule has 5 nitrogen and oxygen atoms in total.